The van der Waals surface area contributed by atoms with Crippen molar-refractivity contribution in [2.45, 2.75) is 43.8 Å². The van der Waals surface area contributed by atoms with Crippen LogP contribution in [0.15, 0.2) is 42.5 Å². The van der Waals surface area contributed by atoms with Crippen molar-refractivity contribution in [3.05, 3.63) is 65.3 Å². The predicted octanol–water partition coefficient (Wildman–Crippen LogP) is 5.60. The first kappa shape index (κ1) is 27.4. The van der Waals surface area contributed by atoms with Crippen LogP contribution in [0.3, 0.4) is 0 Å². The molecular weight excluding hydrogens is 541 g/mol. The van der Waals surface area contributed by atoms with Gasteiger partial charge in [-0.15, -0.1) is 0 Å². The number of anilines is 2. The van der Waals surface area contributed by atoms with Gasteiger partial charge in [0.25, 0.3) is 0 Å². The first-order valence-corrected chi connectivity index (χ1v) is 14.9. The molecule has 2 atom stereocenters. The number of piperidine rings is 2. The van der Waals surface area contributed by atoms with Crippen LogP contribution in [0.1, 0.15) is 24.8 Å². The van der Waals surface area contributed by atoms with Gasteiger partial charge in [0, 0.05) is 67.1 Å². The number of likely N-dealkylation sites (N-methyl/N-ethyl adjacent to an activating group) is 1. The largest absolute Gasteiger partial charge is 0.508 e. The highest BCUT2D eigenvalue weighted by atomic mass is 19.1. The van der Waals surface area contributed by atoms with Gasteiger partial charge in [-0.05, 0) is 73.5 Å². The fourth-order valence-corrected chi connectivity index (χ4v) is 7.08. The fourth-order valence-electron chi connectivity index (χ4n) is 7.08. The molecule has 1 aromatic heterocycles. The summed E-state index contributed by atoms with van der Waals surface area (Å²) < 4.78 is 17.5. The van der Waals surface area contributed by atoms with Crippen molar-refractivity contribution in [3.63, 3.8) is 0 Å². The summed E-state index contributed by atoms with van der Waals surface area (Å²) in [6, 6.07) is 15.9. The maximum absolute atomic E-state index is 17.5. The molecule has 218 valence electrons. The van der Waals surface area contributed by atoms with E-state index >= 15 is 4.39 Å². The van der Waals surface area contributed by atoms with E-state index in [1.165, 1.54) is 0 Å². The Morgan fingerprint density at radius 3 is 2.63 bits per heavy atom. The van der Waals surface area contributed by atoms with Gasteiger partial charge in [-0.2, -0.15) is 5.26 Å². The molecule has 3 aromatic carbocycles. The molecule has 0 unspecified atom stereocenters. The SMILES string of the molecule is [C-]#[N+]c1c(N2CC(N(C)C)C2)nc(N2C[C@H]3CC[C@@H]2CN3)c2cc(CCC#N)c(-c3cc(O)cc4ccccc34)c(F)c12. The van der Waals surface area contributed by atoms with Gasteiger partial charge in [0.15, 0.2) is 0 Å². The summed E-state index contributed by atoms with van der Waals surface area (Å²) in [7, 11) is 4.09. The van der Waals surface area contributed by atoms with Crippen LogP contribution in [-0.4, -0.2) is 73.4 Å². The van der Waals surface area contributed by atoms with Crippen molar-refractivity contribution in [2.24, 2.45) is 0 Å². The number of phenolic OH excluding ortho intramolecular Hbond substituents is 1. The minimum absolute atomic E-state index is 0.0353. The van der Waals surface area contributed by atoms with Gasteiger partial charge in [0.05, 0.1) is 12.6 Å². The van der Waals surface area contributed by atoms with Crippen LogP contribution in [0.4, 0.5) is 21.7 Å². The Morgan fingerprint density at radius 1 is 1.14 bits per heavy atom. The number of hydrogen-bond donors (Lipinski definition) is 2. The third kappa shape index (κ3) is 4.52. The lowest BCUT2D eigenvalue weighted by Crippen LogP contribution is -2.61. The van der Waals surface area contributed by atoms with Crippen molar-refractivity contribution in [2.75, 3.05) is 50.1 Å². The van der Waals surface area contributed by atoms with Crippen molar-refractivity contribution >= 4 is 38.9 Å². The van der Waals surface area contributed by atoms with Crippen LogP contribution in [0, 0.1) is 23.7 Å². The number of rotatable bonds is 6. The Hall–Kier alpha value is -4.44. The first-order chi connectivity index (χ1) is 20.9. The molecule has 4 saturated heterocycles. The van der Waals surface area contributed by atoms with Crippen LogP contribution in [0.2, 0.25) is 0 Å². The van der Waals surface area contributed by atoms with E-state index in [0.29, 0.717) is 65.3 Å². The quantitative estimate of drug-likeness (QED) is 0.290. The zero-order valence-electron chi connectivity index (χ0n) is 24.4. The molecule has 0 spiro atoms. The molecule has 0 radical (unpaired) electrons. The summed E-state index contributed by atoms with van der Waals surface area (Å²) in [5.41, 5.74) is 1.77. The Balaban J connectivity index is 1.54. The van der Waals surface area contributed by atoms with Gasteiger partial charge in [-0.25, -0.2) is 14.2 Å². The molecule has 4 fully saturated rings. The third-order valence-corrected chi connectivity index (χ3v) is 9.50. The molecule has 4 aliphatic rings. The zero-order valence-corrected chi connectivity index (χ0v) is 24.4. The van der Waals surface area contributed by atoms with E-state index in [2.05, 4.69) is 30.9 Å². The molecule has 2 bridgehead atoms. The highest BCUT2D eigenvalue weighted by Gasteiger charge is 2.38. The molecule has 9 heteroatoms. The number of nitrogens with zero attached hydrogens (tertiary/aromatic N) is 6. The van der Waals surface area contributed by atoms with Gasteiger partial charge in [0.1, 0.15) is 23.2 Å². The minimum atomic E-state index is -0.498. The molecular formula is C34H34FN7O. The standard InChI is InChI=1S/C34H34FN7O/c1-37-32-30-28(33(42-17-22-10-11-23(42)16-38-22)39-34(32)41-18-24(19-41)40(2)3)14-21(8-6-12-36)29(31(30)35)27-15-25(43)13-20-7-4-5-9-26(20)27/h4-5,7,9,13-15,22-24,38,43H,6,8,10-11,16-19H2,2-3H3/t22-,23-/m1/s1. The number of aromatic nitrogens is 1. The summed E-state index contributed by atoms with van der Waals surface area (Å²) in [5.74, 6) is 0.780. The van der Waals surface area contributed by atoms with Gasteiger partial charge in [-0.1, -0.05) is 24.3 Å². The highest BCUT2D eigenvalue weighted by Crippen LogP contribution is 2.48. The monoisotopic (exact) mass is 575 g/mol. The van der Waals surface area contributed by atoms with Gasteiger partial charge >= 0.3 is 0 Å². The van der Waals surface area contributed by atoms with Crippen molar-refractivity contribution in [3.8, 4) is 22.9 Å². The predicted molar refractivity (Wildman–Crippen MR) is 168 cm³/mol. The van der Waals surface area contributed by atoms with Crippen molar-refractivity contribution in [1.82, 2.24) is 15.2 Å². The third-order valence-electron chi connectivity index (χ3n) is 9.50. The summed E-state index contributed by atoms with van der Waals surface area (Å²) in [6.07, 6.45) is 2.67. The molecule has 0 amide bonds. The van der Waals surface area contributed by atoms with Crippen LogP contribution >= 0.6 is 0 Å². The van der Waals surface area contributed by atoms with E-state index in [0.717, 1.165) is 36.7 Å². The second-order valence-corrected chi connectivity index (χ2v) is 12.3. The molecule has 0 saturated carbocycles. The molecule has 4 aromatic rings. The molecule has 8 nitrogen and oxygen atoms in total. The van der Waals surface area contributed by atoms with E-state index in [1.54, 1.807) is 12.1 Å². The molecule has 5 heterocycles. The van der Waals surface area contributed by atoms with E-state index < -0.39 is 5.82 Å². The van der Waals surface area contributed by atoms with Gasteiger partial charge in [0.2, 0.25) is 5.69 Å². The number of nitrogens with one attached hydrogen (secondary N) is 1. The first-order valence-electron chi connectivity index (χ1n) is 14.9. The maximum atomic E-state index is 17.5. The number of phenols is 1. The second kappa shape index (κ2) is 10.7. The summed E-state index contributed by atoms with van der Waals surface area (Å²) in [5, 5.41) is 26.3. The number of aromatic hydroxyl groups is 1. The highest BCUT2D eigenvalue weighted by molar-refractivity contribution is 6.10. The summed E-state index contributed by atoms with van der Waals surface area (Å²) in [6.45, 7) is 11.3. The molecule has 43 heavy (non-hydrogen) atoms. The second-order valence-electron chi connectivity index (χ2n) is 12.3. The van der Waals surface area contributed by atoms with Crippen LogP contribution in [0.5, 0.6) is 5.75 Å². The lowest BCUT2D eigenvalue weighted by Gasteiger charge is -2.48. The normalized spacial score (nSPS) is 20.0. The van der Waals surface area contributed by atoms with E-state index in [1.807, 2.05) is 44.4 Å². The van der Waals surface area contributed by atoms with E-state index in [-0.39, 0.29) is 29.3 Å². The lowest BCUT2D eigenvalue weighted by molar-refractivity contribution is 0.246. The number of nitriles is 1. The smallest absolute Gasteiger partial charge is 0.239 e. The maximum Gasteiger partial charge on any atom is 0.239 e. The lowest BCUT2D eigenvalue weighted by atomic mass is 9.88. The van der Waals surface area contributed by atoms with E-state index in [9.17, 15) is 10.4 Å². The average molecular weight is 576 g/mol. The fraction of sp³-hybridized carbons (Fsp3) is 0.382. The Labute approximate surface area is 250 Å². The topological polar surface area (TPSA) is 83.0 Å². The zero-order chi connectivity index (χ0) is 29.8. The minimum Gasteiger partial charge on any atom is -0.508 e. The number of halogens is 1. The van der Waals surface area contributed by atoms with Crippen molar-refractivity contribution < 1.29 is 9.50 Å². The number of piperazine rings is 1. The van der Waals surface area contributed by atoms with Gasteiger partial charge in [-0.3, -0.25) is 0 Å². The number of aryl methyl sites for hydroxylation is 1. The van der Waals surface area contributed by atoms with E-state index in [4.69, 9.17) is 11.6 Å². The molecule has 0 aliphatic carbocycles. The van der Waals surface area contributed by atoms with Crippen LogP contribution in [0.25, 0.3) is 37.5 Å². The molecule has 2 N–H and O–H groups in total. The summed E-state index contributed by atoms with van der Waals surface area (Å²) >= 11 is 0. The average Bonchev–Trinajstić information content (AvgIpc) is 2.99. The summed E-state index contributed by atoms with van der Waals surface area (Å²) in [4.78, 5) is 15.7. The van der Waals surface area contributed by atoms with Crippen molar-refractivity contribution in [1.29, 1.82) is 5.26 Å². The Kier molecular flexibility index (Phi) is 6.80. The Morgan fingerprint density at radius 2 is 1.95 bits per heavy atom. The van der Waals surface area contributed by atoms with Gasteiger partial charge < -0.3 is 25.1 Å². The Bertz CT molecular complexity index is 1830. The number of fused-ring (bicyclic) bond motifs is 5. The molecule has 8 rings (SSSR count). The number of benzene rings is 3. The van der Waals surface area contributed by atoms with Crippen LogP contribution in [-0.2, 0) is 6.42 Å². The molecule has 4 aliphatic heterocycles. The number of pyridine rings is 1. The number of hydrogen-bond acceptors (Lipinski definition) is 7. The van der Waals surface area contributed by atoms with Crippen LogP contribution < -0.4 is 15.1 Å².